The van der Waals surface area contributed by atoms with Crippen LogP contribution in [0.2, 0.25) is 0 Å². The summed E-state index contributed by atoms with van der Waals surface area (Å²) in [4.78, 5) is 28.5. The number of carbonyl (C=O) groups is 2. The molecule has 3 N–H and O–H groups in total. The highest BCUT2D eigenvalue weighted by Crippen LogP contribution is 2.30. The summed E-state index contributed by atoms with van der Waals surface area (Å²) in [6, 6.07) is 8.67. The summed E-state index contributed by atoms with van der Waals surface area (Å²) in [5, 5.41) is 22.9. The summed E-state index contributed by atoms with van der Waals surface area (Å²) >= 11 is 1.55. The molecule has 1 aromatic carbocycles. The highest BCUT2D eigenvalue weighted by Gasteiger charge is 2.20. The van der Waals surface area contributed by atoms with Gasteiger partial charge in [-0.1, -0.05) is 38.3 Å². The topological polar surface area (TPSA) is 99.5 Å². The number of hydrogen-bond donors (Lipinski definition) is 3. The summed E-state index contributed by atoms with van der Waals surface area (Å²) in [6.07, 6.45) is 6.32. The van der Waals surface area contributed by atoms with Gasteiger partial charge in [-0.15, -0.1) is 11.8 Å². The minimum absolute atomic E-state index is 0.0708. The molecule has 7 heteroatoms. The number of pyridine rings is 1. The number of aromatic hydroxyl groups is 1. The summed E-state index contributed by atoms with van der Waals surface area (Å²) in [7, 11) is 0. The standard InChI is InChI=1S/C23H28N2O4S/c1-2-12-30-23-18(22(29)24-17-6-4-3-5-7-17)10-11-19(25-23)15-8-9-16(14-21(27)28)20(26)13-15/h8-11,13,17,26H,2-7,12,14H2,1H3,(H,24,29)(H,27,28). The number of aromatic nitrogens is 1. The lowest BCUT2D eigenvalue weighted by molar-refractivity contribution is -0.136. The Kier molecular flexibility index (Phi) is 7.74. The number of amides is 1. The first-order chi connectivity index (χ1) is 14.5. The third kappa shape index (κ3) is 5.75. The Labute approximate surface area is 181 Å². The van der Waals surface area contributed by atoms with Crippen molar-refractivity contribution in [1.29, 1.82) is 0 Å². The van der Waals surface area contributed by atoms with Crippen molar-refractivity contribution in [1.82, 2.24) is 10.3 Å². The molecular weight excluding hydrogens is 400 g/mol. The van der Waals surface area contributed by atoms with Crippen molar-refractivity contribution in [2.75, 3.05) is 5.75 Å². The van der Waals surface area contributed by atoms with Crippen molar-refractivity contribution in [3.63, 3.8) is 0 Å². The predicted octanol–water partition coefficient (Wildman–Crippen LogP) is 4.65. The number of carboxylic acids is 1. The molecule has 0 radical (unpaired) electrons. The number of aliphatic carboxylic acids is 1. The highest BCUT2D eigenvalue weighted by atomic mass is 32.2. The van der Waals surface area contributed by atoms with Gasteiger partial charge in [-0.2, -0.15) is 0 Å². The molecule has 6 nitrogen and oxygen atoms in total. The third-order valence-corrected chi connectivity index (χ3v) is 6.41. The molecule has 1 aliphatic carbocycles. The Morgan fingerprint density at radius 1 is 1.17 bits per heavy atom. The van der Waals surface area contributed by atoms with Crippen LogP contribution in [0, 0.1) is 0 Å². The SMILES string of the molecule is CCCSc1nc(-c2ccc(CC(=O)O)c(O)c2)ccc1C(=O)NC1CCCCC1. The molecule has 0 bridgehead atoms. The second-order valence-electron chi connectivity index (χ2n) is 7.62. The minimum Gasteiger partial charge on any atom is -0.508 e. The number of phenolic OH excluding ortho intramolecular Hbond substituents is 1. The van der Waals surface area contributed by atoms with E-state index in [0.29, 0.717) is 27.4 Å². The lowest BCUT2D eigenvalue weighted by Crippen LogP contribution is -2.36. The molecule has 1 fully saturated rings. The Morgan fingerprint density at radius 2 is 1.93 bits per heavy atom. The Hall–Kier alpha value is -2.54. The van der Waals surface area contributed by atoms with Gasteiger partial charge in [0, 0.05) is 17.2 Å². The predicted molar refractivity (Wildman–Crippen MR) is 118 cm³/mol. The number of rotatable bonds is 8. The van der Waals surface area contributed by atoms with Crippen LogP contribution in [0.15, 0.2) is 35.4 Å². The molecule has 0 atom stereocenters. The van der Waals surface area contributed by atoms with E-state index in [-0.39, 0.29) is 24.1 Å². The summed E-state index contributed by atoms with van der Waals surface area (Å²) in [5.41, 5.74) is 2.25. The van der Waals surface area contributed by atoms with Crippen LogP contribution in [0.5, 0.6) is 5.75 Å². The van der Waals surface area contributed by atoms with E-state index < -0.39 is 5.97 Å². The fourth-order valence-corrected chi connectivity index (χ4v) is 4.51. The van der Waals surface area contributed by atoms with Crippen molar-refractivity contribution >= 4 is 23.6 Å². The van der Waals surface area contributed by atoms with Gasteiger partial charge in [0.25, 0.3) is 5.91 Å². The molecule has 0 aliphatic heterocycles. The van der Waals surface area contributed by atoms with E-state index in [1.54, 1.807) is 36.0 Å². The van der Waals surface area contributed by atoms with Crippen LogP contribution in [-0.4, -0.2) is 38.9 Å². The Bertz CT molecular complexity index is 910. The summed E-state index contributed by atoms with van der Waals surface area (Å²) < 4.78 is 0. The van der Waals surface area contributed by atoms with Gasteiger partial charge in [0.2, 0.25) is 0 Å². The zero-order valence-electron chi connectivity index (χ0n) is 17.2. The molecule has 160 valence electrons. The first kappa shape index (κ1) is 22.2. The number of phenols is 1. The van der Waals surface area contributed by atoms with Gasteiger partial charge >= 0.3 is 5.97 Å². The van der Waals surface area contributed by atoms with Crippen LogP contribution in [0.3, 0.4) is 0 Å². The van der Waals surface area contributed by atoms with Crippen LogP contribution in [0.4, 0.5) is 0 Å². The molecule has 0 spiro atoms. The number of hydrogen-bond acceptors (Lipinski definition) is 5. The maximum absolute atomic E-state index is 12.9. The average Bonchev–Trinajstić information content (AvgIpc) is 2.74. The van der Waals surface area contributed by atoms with Gasteiger partial charge in [0.15, 0.2) is 0 Å². The second kappa shape index (κ2) is 10.5. The zero-order chi connectivity index (χ0) is 21.5. The van der Waals surface area contributed by atoms with E-state index in [1.807, 2.05) is 0 Å². The molecule has 0 unspecified atom stereocenters. The second-order valence-corrected chi connectivity index (χ2v) is 8.70. The van der Waals surface area contributed by atoms with Crippen LogP contribution >= 0.6 is 11.8 Å². The fraction of sp³-hybridized carbons (Fsp3) is 0.435. The van der Waals surface area contributed by atoms with Crippen LogP contribution in [-0.2, 0) is 11.2 Å². The molecule has 1 aliphatic rings. The van der Waals surface area contributed by atoms with E-state index in [4.69, 9.17) is 10.1 Å². The van der Waals surface area contributed by atoms with Gasteiger partial charge in [-0.25, -0.2) is 4.98 Å². The minimum atomic E-state index is -0.997. The average molecular weight is 429 g/mol. The number of benzene rings is 1. The van der Waals surface area contributed by atoms with Crippen molar-refractivity contribution in [2.45, 2.75) is 62.9 Å². The molecule has 1 saturated carbocycles. The highest BCUT2D eigenvalue weighted by molar-refractivity contribution is 7.99. The van der Waals surface area contributed by atoms with Crippen LogP contribution in [0.25, 0.3) is 11.3 Å². The first-order valence-electron chi connectivity index (χ1n) is 10.5. The lowest BCUT2D eigenvalue weighted by Gasteiger charge is -2.23. The van der Waals surface area contributed by atoms with Crippen molar-refractivity contribution < 1.29 is 19.8 Å². The lowest BCUT2D eigenvalue weighted by atomic mass is 9.95. The fourth-order valence-electron chi connectivity index (χ4n) is 3.63. The molecule has 30 heavy (non-hydrogen) atoms. The van der Waals surface area contributed by atoms with E-state index in [0.717, 1.165) is 37.9 Å². The molecule has 0 saturated heterocycles. The Balaban J connectivity index is 1.85. The molecule has 3 rings (SSSR count). The van der Waals surface area contributed by atoms with E-state index >= 15 is 0 Å². The van der Waals surface area contributed by atoms with Crippen molar-refractivity contribution in [3.8, 4) is 17.0 Å². The number of thioether (sulfide) groups is 1. The number of carboxylic acid groups (broad SMARTS) is 1. The van der Waals surface area contributed by atoms with Gasteiger partial charge in [0.05, 0.1) is 17.7 Å². The zero-order valence-corrected chi connectivity index (χ0v) is 18.0. The van der Waals surface area contributed by atoms with E-state index in [9.17, 15) is 14.7 Å². The van der Waals surface area contributed by atoms with Crippen molar-refractivity contribution in [3.05, 3.63) is 41.5 Å². The largest absolute Gasteiger partial charge is 0.508 e. The molecule has 1 amide bonds. The molecule has 1 aromatic heterocycles. The maximum Gasteiger partial charge on any atom is 0.307 e. The number of nitrogens with zero attached hydrogens (tertiary/aromatic N) is 1. The molecule has 2 aromatic rings. The smallest absolute Gasteiger partial charge is 0.307 e. The monoisotopic (exact) mass is 428 g/mol. The van der Waals surface area contributed by atoms with Gasteiger partial charge in [-0.3, -0.25) is 9.59 Å². The van der Waals surface area contributed by atoms with E-state index in [1.165, 1.54) is 12.5 Å². The van der Waals surface area contributed by atoms with Crippen LogP contribution < -0.4 is 5.32 Å². The quantitative estimate of drug-likeness (QED) is 0.530. The molecular formula is C23H28N2O4S. The van der Waals surface area contributed by atoms with E-state index in [2.05, 4.69) is 12.2 Å². The normalized spacial score (nSPS) is 14.4. The summed E-state index contributed by atoms with van der Waals surface area (Å²) in [5.74, 6) is -0.302. The van der Waals surface area contributed by atoms with Gasteiger partial charge in [-0.05, 0) is 43.2 Å². The first-order valence-corrected chi connectivity index (χ1v) is 11.4. The third-order valence-electron chi connectivity index (χ3n) is 5.21. The maximum atomic E-state index is 12.9. The van der Waals surface area contributed by atoms with Gasteiger partial charge in [0.1, 0.15) is 10.8 Å². The Morgan fingerprint density at radius 3 is 2.60 bits per heavy atom. The van der Waals surface area contributed by atoms with Crippen molar-refractivity contribution in [2.24, 2.45) is 0 Å². The van der Waals surface area contributed by atoms with Gasteiger partial charge < -0.3 is 15.5 Å². The molecule has 1 heterocycles. The summed E-state index contributed by atoms with van der Waals surface area (Å²) in [6.45, 7) is 2.08. The van der Waals surface area contributed by atoms with Crippen LogP contribution in [0.1, 0.15) is 61.4 Å². The number of nitrogens with one attached hydrogen (secondary N) is 1. The number of carbonyl (C=O) groups excluding carboxylic acids is 1.